The molecule has 1 aliphatic heterocycles. The van der Waals surface area contributed by atoms with Gasteiger partial charge in [0.1, 0.15) is 5.75 Å². The van der Waals surface area contributed by atoms with Gasteiger partial charge in [-0.05, 0) is 61.4 Å². The van der Waals surface area contributed by atoms with Gasteiger partial charge in [0.25, 0.3) is 15.9 Å². The second-order valence-corrected chi connectivity index (χ2v) is 11.7. The normalized spacial score (nSPS) is 13.6. The predicted molar refractivity (Wildman–Crippen MR) is 159 cm³/mol. The largest absolute Gasteiger partial charge is 0.437 e. The molecule has 5 rings (SSSR count). The summed E-state index contributed by atoms with van der Waals surface area (Å²) in [6.07, 6.45) is 0. The van der Waals surface area contributed by atoms with Gasteiger partial charge in [0.05, 0.1) is 15.6 Å². The molecule has 212 valence electrons. The minimum atomic E-state index is -4.08. The average molecular weight is 593 g/mol. The van der Waals surface area contributed by atoms with Crippen molar-refractivity contribution in [3.63, 3.8) is 0 Å². The molecule has 1 saturated heterocycles. The van der Waals surface area contributed by atoms with E-state index >= 15 is 0 Å². The van der Waals surface area contributed by atoms with Gasteiger partial charge in [0.2, 0.25) is 11.8 Å². The van der Waals surface area contributed by atoms with Crippen LogP contribution < -0.4 is 20.5 Å². The van der Waals surface area contributed by atoms with Crippen LogP contribution in [0.2, 0.25) is 5.02 Å². The third-order valence-corrected chi connectivity index (χ3v) is 8.27. The van der Waals surface area contributed by atoms with Gasteiger partial charge in [-0.2, -0.15) is 4.98 Å². The number of carbonyl (C=O) groups excluding carboxylic acids is 1. The molecular weight excluding hydrogens is 564 g/mol. The number of sulfonamides is 1. The Morgan fingerprint density at radius 1 is 1.00 bits per heavy atom. The van der Waals surface area contributed by atoms with E-state index in [2.05, 4.69) is 20.0 Å². The highest BCUT2D eigenvalue weighted by Crippen LogP contribution is 2.34. The average Bonchev–Trinajstić information content (AvgIpc) is 2.94. The summed E-state index contributed by atoms with van der Waals surface area (Å²) in [6, 6.07) is 18.1. The summed E-state index contributed by atoms with van der Waals surface area (Å²) in [5.74, 6) is -0.102. The zero-order chi connectivity index (χ0) is 29.1. The van der Waals surface area contributed by atoms with E-state index < -0.39 is 10.0 Å². The fourth-order valence-corrected chi connectivity index (χ4v) is 5.76. The van der Waals surface area contributed by atoms with Gasteiger partial charge in [-0.1, -0.05) is 35.9 Å². The van der Waals surface area contributed by atoms with Crippen LogP contribution in [-0.4, -0.2) is 55.4 Å². The van der Waals surface area contributed by atoms with Gasteiger partial charge >= 0.3 is 0 Å². The van der Waals surface area contributed by atoms with Crippen LogP contribution in [0.5, 0.6) is 11.6 Å². The molecule has 1 amide bonds. The number of rotatable bonds is 7. The SMILES string of the molecule is Cc1cccc(C)c1-c1cc(Oc2cc(C(=O)N3CCNCC3)ccc2Cl)nc(NS(=O)(=O)c2cccc(N)c2)n1. The van der Waals surface area contributed by atoms with E-state index in [1.165, 1.54) is 12.1 Å². The molecule has 0 spiro atoms. The van der Waals surface area contributed by atoms with E-state index in [9.17, 15) is 13.2 Å². The van der Waals surface area contributed by atoms with E-state index in [0.29, 0.717) is 30.0 Å². The topological polar surface area (TPSA) is 140 Å². The second kappa shape index (κ2) is 11.7. The first-order valence-electron chi connectivity index (χ1n) is 12.9. The first kappa shape index (κ1) is 28.3. The molecule has 4 aromatic rings. The number of aromatic nitrogens is 2. The Morgan fingerprint density at radius 3 is 2.41 bits per heavy atom. The van der Waals surface area contributed by atoms with Crippen molar-refractivity contribution in [3.8, 4) is 22.9 Å². The molecule has 10 nitrogen and oxygen atoms in total. The molecule has 0 atom stereocenters. The van der Waals surface area contributed by atoms with E-state index in [-0.39, 0.29) is 33.4 Å². The minimum absolute atomic E-state index is 0.0385. The van der Waals surface area contributed by atoms with Gasteiger partial charge in [0, 0.05) is 49.1 Å². The number of nitrogens with one attached hydrogen (secondary N) is 2. The smallest absolute Gasteiger partial charge is 0.264 e. The summed E-state index contributed by atoms with van der Waals surface area (Å²) in [4.78, 5) is 23.7. The monoisotopic (exact) mass is 592 g/mol. The number of anilines is 2. The number of aryl methyl sites for hydroxylation is 2. The van der Waals surface area contributed by atoms with Gasteiger partial charge in [-0.25, -0.2) is 18.1 Å². The highest BCUT2D eigenvalue weighted by atomic mass is 35.5. The summed E-state index contributed by atoms with van der Waals surface area (Å²) in [7, 11) is -4.08. The van der Waals surface area contributed by atoms with E-state index in [0.717, 1.165) is 29.8 Å². The molecule has 3 aromatic carbocycles. The van der Waals surface area contributed by atoms with Gasteiger partial charge in [-0.3, -0.25) is 4.79 Å². The Morgan fingerprint density at radius 2 is 1.71 bits per heavy atom. The van der Waals surface area contributed by atoms with Crippen molar-refractivity contribution >= 4 is 39.2 Å². The van der Waals surface area contributed by atoms with Crippen LogP contribution >= 0.6 is 11.6 Å². The Bertz CT molecular complexity index is 1700. The zero-order valence-corrected chi connectivity index (χ0v) is 24.1. The van der Waals surface area contributed by atoms with Crippen LogP contribution in [0.4, 0.5) is 11.6 Å². The standard InChI is InChI=1S/C29H29ClN6O4S/c1-18-5-3-6-19(2)27(18)24-17-26(34-29(33-24)35-41(38,39)22-8-4-7-21(31)16-22)40-25-15-20(9-10-23(25)30)28(37)36-13-11-32-12-14-36/h3-10,15-17,32H,11-14,31H2,1-2H3,(H,33,34,35). The summed E-state index contributed by atoms with van der Waals surface area (Å²) in [5, 5.41) is 3.49. The van der Waals surface area contributed by atoms with Crippen molar-refractivity contribution in [1.29, 1.82) is 0 Å². The van der Waals surface area contributed by atoms with Crippen LogP contribution in [-0.2, 0) is 10.0 Å². The molecule has 0 unspecified atom stereocenters. The Labute approximate surface area is 243 Å². The molecule has 1 aromatic heterocycles. The first-order valence-corrected chi connectivity index (χ1v) is 14.8. The molecule has 0 bridgehead atoms. The van der Waals surface area contributed by atoms with Gasteiger partial charge < -0.3 is 20.7 Å². The fourth-order valence-electron chi connectivity index (χ4n) is 4.61. The van der Waals surface area contributed by atoms with Gasteiger partial charge in [-0.15, -0.1) is 0 Å². The lowest BCUT2D eigenvalue weighted by Crippen LogP contribution is -2.46. The molecule has 12 heteroatoms. The maximum Gasteiger partial charge on any atom is 0.264 e. The van der Waals surface area contributed by atoms with Crippen LogP contribution in [0.3, 0.4) is 0 Å². The van der Waals surface area contributed by atoms with Crippen molar-refractivity contribution in [2.24, 2.45) is 0 Å². The number of hydrogen-bond acceptors (Lipinski definition) is 8. The van der Waals surface area contributed by atoms with Crippen LogP contribution in [0, 0.1) is 13.8 Å². The van der Waals surface area contributed by atoms with Crippen molar-refractivity contribution in [2.75, 3.05) is 36.6 Å². The lowest BCUT2D eigenvalue weighted by Gasteiger charge is -2.27. The highest BCUT2D eigenvalue weighted by Gasteiger charge is 2.22. The quantitative estimate of drug-likeness (QED) is 0.264. The molecule has 0 radical (unpaired) electrons. The van der Waals surface area contributed by atoms with Crippen molar-refractivity contribution in [2.45, 2.75) is 18.7 Å². The van der Waals surface area contributed by atoms with E-state index in [1.54, 1.807) is 41.3 Å². The summed E-state index contributed by atoms with van der Waals surface area (Å²) in [5.41, 5.74) is 9.63. The number of carbonyl (C=O) groups is 1. The summed E-state index contributed by atoms with van der Waals surface area (Å²) >= 11 is 6.46. The third-order valence-electron chi connectivity index (χ3n) is 6.63. The number of amides is 1. The van der Waals surface area contributed by atoms with Crippen molar-refractivity contribution < 1.29 is 17.9 Å². The first-order chi connectivity index (χ1) is 19.6. The summed E-state index contributed by atoms with van der Waals surface area (Å²) < 4.78 is 34.9. The molecule has 1 aliphatic rings. The number of nitrogens with zero attached hydrogens (tertiary/aromatic N) is 3. The number of hydrogen-bond donors (Lipinski definition) is 3. The van der Waals surface area contributed by atoms with Crippen molar-refractivity contribution in [3.05, 3.63) is 88.4 Å². The number of halogens is 1. The lowest BCUT2D eigenvalue weighted by molar-refractivity contribution is 0.0735. The molecule has 1 fully saturated rings. The third kappa shape index (κ3) is 6.43. The summed E-state index contributed by atoms with van der Waals surface area (Å²) in [6.45, 7) is 6.50. The molecule has 41 heavy (non-hydrogen) atoms. The second-order valence-electron chi connectivity index (χ2n) is 9.65. The highest BCUT2D eigenvalue weighted by molar-refractivity contribution is 7.92. The predicted octanol–water partition coefficient (Wildman–Crippen LogP) is 4.63. The number of nitrogen functional groups attached to an aromatic ring is 1. The number of ether oxygens (including phenoxy) is 1. The molecule has 4 N–H and O–H groups in total. The molecule has 2 heterocycles. The van der Waals surface area contributed by atoms with Crippen LogP contribution in [0.1, 0.15) is 21.5 Å². The van der Waals surface area contributed by atoms with E-state index in [4.69, 9.17) is 22.1 Å². The lowest BCUT2D eigenvalue weighted by atomic mass is 10.00. The van der Waals surface area contributed by atoms with Crippen LogP contribution in [0.15, 0.2) is 71.6 Å². The van der Waals surface area contributed by atoms with Gasteiger partial charge in [0.15, 0.2) is 0 Å². The van der Waals surface area contributed by atoms with Crippen molar-refractivity contribution in [1.82, 2.24) is 20.2 Å². The Kier molecular flexibility index (Phi) is 8.11. The Hall–Kier alpha value is -4.19. The molecular formula is C29H29ClN6O4S. The number of nitrogens with two attached hydrogens (primary N) is 1. The molecule has 0 aliphatic carbocycles. The van der Waals surface area contributed by atoms with Crippen LogP contribution in [0.25, 0.3) is 11.3 Å². The molecule has 0 saturated carbocycles. The minimum Gasteiger partial charge on any atom is -0.437 e. The maximum atomic E-state index is 13.2. The maximum absolute atomic E-state index is 13.2. The number of benzene rings is 3. The Balaban J connectivity index is 1.54. The zero-order valence-electron chi connectivity index (χ0n) is 22.5. The number of piperazine rings is 1. The fraction of sp³-hybridized carbons (Fsp3) is 0.207. The van der Waals surface area contributed by atoms with E-state index in [1.807, 2.05) is 32.0 Å².